The Labute approximate surface area is 81.4 Å². The second kappa shape index (κ2) is 4.11. The van der Waals surface area contributed by atoms with E-state index >= 15 is 0 Å². The van der Waals surface area contributed by atoms with Crippen LogP contribution in [0.1, 0.15) is 22.8 Å². The van der Waals surface area contributed by atoms with Crippen molar-refractivity contribution in [3.05, 3.63) is 29.3 Å². The summed E-state index contributed by atoms with van der Waals surface area (Å²) >= 11 is 0. The fraction of sp³-hybridized carbons (Fsp3) is 0.300. The van der Waals surface area contributed by atoms with Gasteiger partial charge < -0.3 is 15.3 Å². The number of carbonyl (C=O) groups is 1. The quantitative estimate of drug-likeness (QED) is 0.674. The van der Waals surface area contributed by atoms with Crippen molar-refractivity contribution in [1.29, 1.82) is 0 Å². The van der Waals surface area contributed by atoms with Crippen LogP contribution in [0.15, 0.2) is 18.2 Å². The van der Waals surface area contributed by atoms with E-state index in [-0.39, 0.29) is 17.7 Å². The molecule has 4 nitrogen and oxygen atoms in total. The van der Waals surface area contributed by atoms with Gasteiger partial charge in [-0.1, -0.05) is 12.1 Å². The first kappa shape index (κ1) is 10.5. The Morgan fingerprint density at radius 1 is 1.50 bits per heavy atom. The Kier molecular flexibility index (Phi) is 3.09. The molecule has 0 radical (unpaired) electrons. The van der Waals surface area contributed by atoms with Crippen molar-refractivity contribution in [3.8, 4) is 5.75 Å². The van der Waals surface area contributed by atoms with Gasteiger partial charge in [0.05, 0.1) is 6.10 Å². The fourth-order valence-corrected chi connectivity index (χ4v) is 1.25. The molecule has 1 atom stereocenters. The van der Waals surface area contributed by atoms with Gasteiger partial charge in [0.25, 0.3) is 0 Å². The molecular formula is C10H12O4. The summed E-state index contributed by atoms with van der Waals surface area (Å²) in [5.41, 5.74) is 0.308. The monoisotopic (exact) mass is 196 g/mol. The van der Waals surface area contributed by atoms with Crippen molar-refractivity contribution in [3.63, 3.8) is 0 Å². The normalized spacial score (nSPS) is 12.4. The van der Waals surface area contributed by atoms with Crippen LogP contribution in [0.4, 0.5) is 0 Å². The molecule has 4 heteroatoms. The van der Waals surface area contributed by atoms with Crippen LogP contribution in [-0.4, -0.2) is 27.4 Å². The van der Waals surface area contributed by atoms with Crippen LogP contribution in [0.3, 0.4) is 0 Å². The Morgan fingerprint density at radius 2 is 2.14 bits per heavy atom. The van der Waals surface area contributed by atoms with Crippen molar-refractivity contribution >= 4 is 5.97 Å². The Bertz CT molecular complexity index is 344. The lowest BCUT2D eigenvalue weighted by molar-refractivity contribution is 0.0693. The number of aliphatic hydroxyl groups excluding tert-OH is 1. The van der Waals surface area contributed by atoms with E-state index in [0.717, 1.165) is 0 Å². The SMILES string of the molecule is CC(O)Cc1cccc(C(=O)O)c1O. The molecule has 0 bridgehead atoms. The fourth-order valence-electron chi connectivity index (χ4n) is 1.25. The van der Waals surface area contributed by atoms with Crippen molar-refractivity contribution in [1.82, 2.24) is 0 Å². The van der Waals surface area contributed by atoms with Gasteiger partial charge in [-0.2, -0.15) is 0 Å². The van der Waals surface area contributed by atoms with Crippen LogP contribution < -0.4 is 0 Å². The second-order valence-corrected chi connectivity index (χ2v) is 3.17. The van der Waals surface area contributed by atoms with E-state index < -0.39 is 12.1 Å². The van der Waals surface area contributed by atoms with Gasteiger partial charge in [-0.3, -0.25) is 0 Å². The van der Waals surface area contributed by atoms with Gasteiger partial charge in [-0.25, -0.2) is 4.79 Å². The minimum absolute atomic E-state index is 0.136. The van der Waals surface area contributed by atoms with Crippen LogP contribution in [-0.2, 0) is 6.42 Å². The lowest BCUT2D eigenvalue weighted by Crippen LogP contribution is -2.06. The first-order valence-electron chi connectivity index (χ1n) is 4.24. The molecule has 1 aromatic carbocycles. The van der Waals surface area contributed by atoms with E-state index in [0.29, 0.717) is 5.56 Å². The summed E-state index contributed by atoms with van der Waals surface area (Å²) in [4.78, 5) is 10.6. The number of benzene rings is 1. The average molecular weight is 196 g/mol. The van der Waals surface area contributed by atoms with E-state index in [2.05, 4.69) is 0 Å². The number of hydrogen-bond donors (Lipinski definition) is 3. The third-order valence-electron chi connectivity index (χ3n) is 1.87. The van der Waals surface area contributed by atoms with Crippen molar-refractivity contribution < 1.29 is 20.1 Å². The molecule has 0 aromatic heterocycles. The van der Waals surface area contributed by atoms with Crippen LogP contribution in [0.5, 0.6) is 5.75 Å². The Hall–Kier alpha value is -1.55. The molecule has 0 saturated heterocycles. The molecule has 1 unspecified atom stereocenters. The standard InChI is InChI=1S/C10H12O4/c1-6(11)5-7-3-2-4-8(9(7)12)10(13)14/h2-4,6,11-12H,5H2,1H3,(H,13,14). The molecule has 0 saturated carbocycles. The van der Waals surface area contributed by atoms with Gasteiger partial charge in [-0.15, -0.1) is 0 Å². The number of phenols is 1. The lowest BCUT2D eigenvalue weighted by Gasteiger charge is -2.08. The van der Waals surface area contributed by atoms with Crippen LogP contribution in [0.25, 0.3) is 0 Å². The van der Waals surface area contributed by atoms with E-state index in [1.54, 1.807) is 19.1 Å². The topological polar surface area (TPSA) is 77.8 Å². The van der Waals surface area contributed by atoms with Crippen molar-refractivity contribution in [2.24, 2.45) is 0 Å². The number of aromatic carboxylic acids is 1. The van der Waals surface area contributed by atoms with Crippen LogP contribution in [0.2, 0.25) is 0 Å². The smallest absolute Gasteiger partial charge is 0.339 e. The average Bonchev–Trinajstić information content (AvgIpc) is 2.07. The molecule has 0 spiro atoms. The third kappa shape index (κ3) is 2.23. The molecule has 76 valence electrons. The number of hydrogen-bond acceptors (Lipinski definition) is 3. The minimum atomic E-state index is -1.17. The van der Waals surface area contributed by atoms with Crippen LogP contribution in [0, 0.1) is 0 Å². The maximum absolute atomic E-state index is 10.6. The molecule has 14 heavy (non-hydrogen) atoms. The third-order valence-corrected chi connectivity index (χ3v) is 1.87. The number of carboxylic acids is 1. The summed E-state index contributed by atoms with van der Waals surface area (Å²) in [7, 11) is 0. The highest BCUT2D eigenvalue weighted by molar-refractivity contribution is 5.91. The van der Waals surface area contributed by atoms with E-state index in [1.165, 1.54) is 6.07 Å². The zero-order chi connectivity index (χ0) is 10.7. The largest absolute Gasteiger partial charge is 0.507 e. The second-order valence-electron chi connectivity index (χ2n) is 3.17. The van der Waals surface area contributed by atoms with E-state index in [4.69, 9.17) is 10.2 Å². The van der Waals surface area contributed by atoms with Gasteiger partial charge in [0.2, 0.25) is 0 Å². The van der Waals surface area contributed by atoms with Gasteiger partial charge in [0.15, 0.2) is 0 Å². The maximum Gasteiger partial charge on any atom is 0.339 e. The highest BCUT2D eigenvalue weighted by atomic mass is 16.4. The zero-order valence-electron chi connectivity index (χ0n) is 7.77. The number of aromatic hydroxyl groups is 1. The molecule has 1 aromatic rings. The van der Waals surface area contributed by atoms with Gasteiger partial charge in [0.1, 0.15) is 11.3 Å². The molecule has 0 aliphatic carbocycles. The van der Waals surface area contributed by atoms with E-state index in [1.807, 2.05) is 0 Å². The van der Waals surface area contributed by atoms with E-state index in [9.17, 15) is 9.90 Å². The summed E-state index contributed by atoms with van der Waals surface area (Å²) < 4.78 is 0. The minimum Gasteiger partial charge on any atom is -0.507 e. The molecule has 0 fully saturated rings. The number of rotatable bonds is 3. The highest BCUT2D eigenvalue weighted by Crippen LogP contribution is 2.23. The Balaban J connectivity index is 3.07. The Morgan fingerprint density at radius 3 is 2.64 bits per heavy atom. The van der Waals surface area contributed by atoms with Crippen LogP contribution >= 0.6 is 0 Å². The number of para-hydroxylation sites is 1. The summed E-state index contributed by atoms with van der Waals surface area (Å²) in [6.07, 6.45) is -0.364. The predicted molar refractivity (Wildman–Crippen MR) is 50.5 cm³/mol. The number of carboxylic acid groups (broad SMARTS) is 1. The predicted octanol–water partition coefficient (Wildman–Crippen LogP) is 1.01. The molecular weight excluding hydrogens is 184 g/mol. The molecule has 0 aliphatic rings. The first-order chi connectivity index (χ1) is 6.52. The first-order valence-corrected chi connectivity index (χ1v) is 4.24. The highest BCUT2D eigenvalue weighted by Gasteiger charge is 2.13. The zero-order valence-corrected chi connectivity index (χ0v) is 7.77. The lowest BCUT2D eigenvalue weighted by atomic mass is 10.0. The molecule has 3 N–H and O–H groups in total. The summed E-state index contributed by atoms with van der Waals surface area (Å²) in [5, 5.41) is 27.3. The molecule has 0 heterocycles. The molecule has 1 rings (SSSR count). The van der Waals surface area contributed by atoms with Crippen molar-refractivity contribution in [2.75, 3.05) is 0 Å². The van der Waals surface area contributed by atoms with Crippen molar-refractivity contribution in [2.45, 2.75) is 19.4 Å². The summed E-state index contributed by atoms with van der Waals surface area (Å²) in [5.74, 6) is -1.43. The van der Waals surface area contributed by atoms with Gasteiger partial charge in [0, 0.05) is 6.42 Å². The molecule has 0 amide bonds. The van der Waals surface area contributed by atoms with Gasteiger partial charge in [-0.05, 0) is 18.6 Å². The maximum atomic E-state index is 10.6. The molecule has 0 aliphatic heterocycles. The number of aliphatic hydroxyl groups is 1. The summed E-state index contributed by atoms with van der Waals surface area (Å²) in [6.45, 7) is 1.58. The summed E-state index contributed by atoms with van der Waals surface area (Å²) in [6, 6.07) is 4.46. The van der Waals surface area contributed by atoms with Gasteiger partial charge >= 0.3 is 5.97 Å².